The number of ether oxygens (including phenoxy) is 3. The first kappa shape index (κ1) is 19.3. The van der Waals surface area contributed by atoms with Gasteiger partial charge >= 0.3 is 0 Å². The molecule has 0 N–H and O–H groups in total. The lowest BCUT2D eigenvalue weighted by atomic mass is 9.95. The van der Waals surface area contributed by atoms with Crippen LogP contribution < -0.4 is 14.2 Å². The molecule has 152 valence electrons. The van der Waals surface area contributed by atoms with Gasteiger partial charge in [0.25, 0.3) is 0 Å². The van der Waals surface area contributed by atoms with E-state index in [0.717, 1.165) is 33.7 Å². The molecular weight excluding hydrogens is 382 g/mol. The molecule has 30 heavy (non-hydrogen) atoms. The van der Waals surface area contributed by atoms with Gasteiger partial charge < -0.3 is 18.6 Å². The highest BCUT2D eigenvalue weighted by molar-refractivity contribution is 5.86. The lowest BCUT2D eigenvalue weighted by Crippen LogP contribution is -2.02. The van der Waals surface area contributed by atoms with E-state index in [1.807, 2.05) is 42.5 Å². The Morgan fingerprint density at radius 3 is 2.33 bits per heavy atom. The van der Waals surface area contributed by atoms with Gasteiger partial charge in [-0.25, -0.2) is 9.67 Å². The number of hydrogen-bond acceptors (Lipinski definition) is 6. The standard InChI is InChI=1S/C23H21N3O4/c1-15(17-11-21(27-2)23(29-4)22(12-17)28-3)18-10-16(20-6-5-9-30-20)7-8-19(18)26-14-24-13-25-26/h5-14H,1H2,2-4H3. The molecule has 0 unspecified atom stereocenters. The molecule has 0 aliphatic carbocycles. The molecule has 0 saturated carbocycles. The molecule has 0 bridgehead atoms. The monoisotopic (exact) mass is 403 g/mol. The predicted molar refractivity (Wildman–Crippen MR) is 113 cm³/mol. The summed E-state index contributed by atoms with van der Waals surface area (Å²) in [6.45, 7) is 4.35. The largest absolute Gasteiger partial charge is 0.493 e. The fourth-order valence-electron chi connectivity index (χ4n) is 3.32. The van der Waals surface area contributed by atoms with E-state index >= 15 is 0 Å². The van der Waals surface area contributed by atoms with E-state index in [1.165, 1.54) is 6.33 Å². The molecule has 2 heterocycles. The van der Waals surface area contributed by atoms with Gasteiger partial charge in [-0.15, -0.1) is 0 Å². The number of hydrogen-bond donors (Lipinski definition) is 0. The van der Waals surface area contributed by atoms with Gasteiger partial charge in [-0.05, 0) is 53.6 Å². The zero-order valence-corrected chi connectivity index (χ0v) is 17.0. The molecule has 0 atom stereocenters. The van der Waals surface area contributed by atoms with Crippen molar-refractivity contribution >= 4 is 5.57 Å². The Balaban J connectivity index is 1.88. The van der Waals surface area contributed by atoms with Crippen LogP contribution in [0.1, 0.15) is 11.1 Å². The third-order valence-corrected chi connectivity index (χ3v) is 4.81. The molecule has 2 aromatic carbocycles. The highest BCUT2D eigenvalue weighted by atomic mass is 16.5. The van der Waals surface area contributed by atoms with Crippen molar-refractivity contribution in [1.82, 2.24) is 14.8 Å². The van der Waals surface area contributed by atoms with Crippen molar-refractivity contribution in [1.29, 1.82) is 0 Å². The van der Waals surface area contributed by atoms with Crippen LogP contribution in [0.25, 0.3) is 22.6 Å². The van der Waals surface area contributed by atoms with Gasteiger partial charge in [0.15, 0.2) is 11.5 Å². The second kappa shape index (κ2) is 8.16. The Bertz CT molecular complexity index is 1140. The molecule has 0 saturated heterocycles. The Hall–Kier alpha value is -4.00. The third-order valence-electron chi connectivity index (χ3n) is 4.81. The number of methoxy groups -OCH3 is 3. The molecule has 0 aliphatic rings. The molecular formula is C23H21N3O4. The maximum Gasteiger partial charge on any atom is 0.203 e. The fraction of sp³-hybridized carbons (Fsp3) is 0.130. The van der Waals surface area contributed by atoms with Crippen LogP contribution in [0, 0.1) is 0 Å². The molecule has 0 spiro atoms. The number of aromatic nitrogens is 3. The maximum absolute atomic E-state index is 5.57. The summed E-state index contributed by atoms with van der Waals surface area (Å²) in [5, 5.41) is 4.28. The van der Waals surface area contributed by atoms with Gasteiger partial charge in [0.1, 0.15) is 18.4 Å². The number of furan rings is 1. The molecule has 0 radical (unpaired) electrons. The SMILES string of the molecule is C=C(c1cc(OC)c(OC)c(OC)c1)c1cc(-c2ccco2)ccc1-n1cncn1. The summed E-state index contributed by atoms with van der Waals surface area (Å²) < 4.78 is 23.7. The maximum atomic E-state index is 5.57. The second-order valence-corrected chi connectivity index (χ2v) is 6.44. The number of benzene rings is 2. The van der Waals surface area contributed by atoms with Crippen LogP contribution in [-0.4, -0.2) is 36.1 Å². The van der Waals surface area contributed by atoms with Crippen molar-refractivity contribution in [3.8, 4) is 34.3 Å². The van der Waals surface area contributed by atoms with Crippen LogP contribution in [0.15, 0.2) is 72.4 Å². The molecule has 2 aromatic heterocycles. The van der Waals surface area contributed by atoms with Crippen LogP contribution >= 0.6 is 0 Å². The lowest BCUT2D eigenvalue weighted by molar-refractivity contribution is 0.324. The van der Waals surface area contributed by atoms with E-state index in [2.05, 4.69) is 16.7 Å². The van der Waals surface area contributed by atoms with Gasteiger partial charge in [0.2, 0.25) is 5.75 Å². The van der Waals surface area contributed by atoms with E-state index in [9.17, 15) is 0 Å². The van der Waals surface area contributed by atoms with Crippen molar-refractivity contribution < 1.29 is 18.6 Å². The van der Waals surface area contributed by atoms with E-state index < -0.39 is 0 Å². The zero-order chi connectivity index (χ0) is 21.1. The molecule has 7 nitrogen and oxygen atoms in total. The first-order valence-electron chi connectivity index (χ1n) is 9.18. The van der Waals surface area contributed by atoms with Crippen molar-refractivity contribution in [2.45, 2.75) is 0 Å². The summed E-state index contributed by atoms with van der Waals surface area (Å²) in [7, 11) is 4.74. The van der Waals surface area contributed by atoms with Crippen molar-refractivity contribution in [3.05, 3.63) is 79.1 Å². The first-order valence-corrected chi connectivity index (χ1v) is 9.18. The van der Waals surface area contributed by atoms with Crippen molar-refractivity contribution in [3.63, 3.8) is 0 Å². The van der Waals surface area contributed by atoms with Crippen LogP contribution in [0.3, 0.4) is 0 Å². The predicted octanol–water partition coefficient (Wildman–Crippen LogP) is 4.61. The summed E-state index contributed by atoms with van der Waals surface area (Å²) in [4.78, 5) is 4.07. The summed E-state index contributed by atoms with van der Waals surface area (Å²) in [6.07, 6.45) is 4.79. The highest BCUT2D eigenvalue weighted by Gasteiger charge is 2.18. The van der Waals surface area contributed by atoms with Crippen LogP contribution in [0.4, 0.5) is 0 Å². The molecule has 4 aromatic rings. The Morgan fingerprint density at radius 2 is 1.77 bits per heavy atom. The Morgan fingerprint density at radius 1 is 1.00 bits per heavy atom. The minimum Gasteiger partial charge on any atom is -0.493 e. The smallest absolute Gasteiger partial charge is 0.203 e. The lowest BCUT2D eigenvalue weighted by Gasteiger charge is -2.17. The molecule has 0 aliphatic heterocycles. The van der Waals surface area contributed by atoms with E-state index in [-0.39, 0.29) is 0 Å². The quantitative estimate of drug-likeness (QED) is 0.449. The summed E-state index contributed by atoms with van der Waals surface area (Å²) >= 11 is 0. The normalized spacial score (nSPS) is 10.6. The summed E-state index contributed by atoms with van der Waals surface area (Å²) in [5.74, 6) is 2.39. The molecule has 4 rings (SSSR count). The second-order valence-electron chi connectivity index (χ2n) is 6.44. The Labute approximate surface area is 174 Å². The van der Waals surface area contributed by atoms with Crippen LogP contribution in [0.2, 0.25) is 0 Å². The van der Waals surface area contributed by atoms with Crippen LogP contribution in [0.5, 0.6) is 17.2 Å². The number of nitrogens with zero attached hydrogens (tertiary/aromatic N) is 3. The fourth-order valence-corrected chi connectivity index (χ4v) is 3.32. The van der Waals surface area contributed by atoms with Gasteiger partial charge in [0.05, 0.1) is 33.3 Å². The van der Waals surface area contributed by atoms with Gasteiger partial charge in [-0.3, -0.25) is 0 Å². The van der Waals surface area contributed by atoms with Gasteiger partial charge in [-0.2, -0.15) is 5.10 Å². The third kappa shape index (κ3) is 3.41. The summed E-state index contributed by atoms with van der Waals surface area (Å²) in [6, 6.07) is 13.5. The minimum atomic E-state index is 0.525. The van der Waals surface area contributed by atoms with Gasteiger partial charge in [-0.1, -0.05) is 6.58 Å². The topological polar surface area (TPSA) is 71.5 Å². The van der Waals surface area contributed by atoms with Crippen molar-refractivity contribution in [2.24, 2.45) is 0 Å². The van der Waals surface area contributed by atoms with Crippen LogP contribution in [-0.2, 0) is 0 Å². The first-order chi connectivity index (χ1) is 14.7. The van der Waals surface area contributed by atoms with Crippen molar-refractivity contribution in [2.75, 3.05) is 21.3 Å². The average Bonchev–Trinajstić information content (AvgIpc) is 3.51. The van der Waals surface area contributed by atoms with Gasteiger partial charge in [0, 0.05) is 11.1 Å². The zero-order valence-electron chi connectivity index (χ0n) is 17.0. The van der Waals surface area contributed by atoms with E-state index in [1.54, 1.807) is 38.6 Å². The Kier molecular flexibility index (Phi) is 5.26. The summed E-state index contributed by atoms with van der Waals surface area (Å²) in [5.41, 5.74) is 4.20. The molecule has 7 heteroatoms. The number of rotatable bonds is 7. The molecule has 0 fully saturated rings. The molecule has 0 amide bonds. The van der Waals surface area contributed by atoms with E-state index in [4.69, 9.17) is 18.6 Å². The average molecular weight is 403 g/mol. The van der Waals surface area contributed by atoms with E-state index in [0.29, 0.717) is 17.2 Å². The minimum absolute atomic E-state index is 0.525. The highest BCUT2D eigenvalue weighted by Crippen LogP contribution is 2.41.